The van der Waals surface area contributed by atoms with E-state index in [0.717, 1.165) is 4.47 Å². The van der Waals surface area contributed by atoms with E-state index in [-0.39, 0.29) is 23.5 Å². The highest BCUT2D eigenvalue weighted by Crippen LogP contribution is 2.20. The van der Waals surface area contributed by atoms with Crippen molar-refractivity contribution < 1.29 is 23.5 Å². The quantitative estimate of drug-likeness (QED) is 0.577. The van der Waals surface area contributed by atoms with Gasteiger partial charge in [-0.1, -0.05) is 28.6 Å². The summed E-state index contributed by atoms with van der Waals surface area (Å²) >= 11 is 8.16. The van der Waals surface area contributed by atoms with Crippen molar-refractivity contribution in [2.45, 2.75) is 4.90 Å². The number of benzene rings is 1. The van der Waals surface area contributed by atoms with Crippen molar-refractivity contribution in [2.24, 2.45) is 0 Å². The van der Waals surface area contributed by atoms with E-state index >= 15 is 0 Å². The molecule has 0 spiro atoms. The van der Waals surface area contributed by atoms with Gasteiger partial charge in [0.2, 0.25) is 0 Å². The fourth-order valence-corrected chi connectivity index (χ4v) is 1.22. The molecule has 0 aliphatic rings. The summed E-state index contributed by atoms with van der Waals surface area (Å²) in [6, 6.07) is 5.46. The zero-order valence-electron chi connectivity index (χ0n) is 6.64. The zero-order valence-corrected chi connectivity index (χ0v) is 9.04. The fourth-order valence-electron chi connectivity index (χ4n) is 0.508. The van der Waals surface area contributed by atoms with Crippen molar-refractivity contribution in [3.05, 3.63) is 22.7 Å². The Hall–Kier alpha value is -0.630. The Kier molecular flexibility index (Phi) is 25.8. The molecule has 8 heteroatoms. The summed E-state index contributed by atoms with van der Waals surface area (Å²) in [5.74, 6) is 0. The summed E-state index contributed by atoms with van der Waals surface area (Å²) < 4.78 is 0.974. The molecule has 1 rings (SSSR count). The third kappa shape index (κ3) is 7.99. The Labute approximate surface area is 91.4 Å². The van der Waals surface area contributed by atoms with E-state index in [1.165, 1.54) is 0 Å². The van der Waals surface area contributed by atoms with Gasteiger partial charge in [0, 0.05) is 10.2 Å². The Balaban J connectivity index is -0.0000000540. The van der Waals surface area contributed by atoms with E-state index < -0.39 is 0 Å². The molecule has 0 heterocycles. The molecule has 87 valence electrons. The molecule has 14 heavy (non-hydrogen) atoms. The van der Waals surface area contributed by atoms with Crippen molar-refractivity contribution in [3.63, 3.8) is 0 Å². The van der Waals surface area contributed by atoms with Crippen molar-refractivity contribution >= 4 is 34.2 Å². The van der Waals surface area contributed by atoms with Crippen LogP contribution in [-0.2, 0) is 0 Å². The minimum atomic E-state index is 0. The highest BCUT2D eigenvalue weighted by molar-refractivity contribution is 9.10. The first-order chi connectivity index (χ1) is 4.20. The molecule has 0 fully saturated rings. The third-order valence-electron chi connectivity index (χ3n) is 0.976. The predicted molar refractivity (Wildman–Crippen MR) is 56.9 cm³/mol. The number of nitrogens with two attached hydrogens (primary N) is 1. The van der Waals surface area contributed by atoms with Gasteiger partial charge in [0.15, 0.2) is 0 Å². The second-order valence-electron chi connectivity index (χ2n) is 1.68. The van der Waals surface area contributed by atoms with E-state index in [9.17, 15) is 0 Å². The van der Waals surface area contributed by atoms with Gasteiger partial charge in [0.25, 0.3) is 0 Å². The van der Waals surface area contributed by atoms with Crippen LogP contribution in [0.4, 0.5) is 29.2 Å². The predicted octanol–water partition coefficient (Wildman–Crippen LogP) is 3.35. The van der Waals surface area contributed by atoms with Crippen LogP contribution in [0.3, 0.4) is 0 Å². The smallest absolute Gasteiger partial charge is 0.0617 e. The fraction of sp³-hybridized carbons (Fsp3) is 0. The first kappa shape index (κ1) is 29.2. The molecule has 1 aromatic carbocycles. The number of rotatable bonds is 0. The van der Waals surface area contributed by atoms with Crippen LogP contribution in [0, 0.1) is 0 Å². The maximum Gasteiger partial charge on any atom is 0.0617 e. The normalized spacial score (nSPS) is 6.07. The van der Waals surface area contributed by atoms with Gasteiger partial charge in [0.05, 0.1) is 4.90 Å². The molecule has 0 bridgehead atoms. The average molecular weight is 303 g/mol. The van der Waals surface area contributed by atoms with E-state index in [1.54, 1.807) is 6.07 Å². The lowest BCUT2D eigenvalue weighted by molar-refractivity contribution is 1.11. The lowest BCUT2D eigenvalue weighted by Crippen LogP contribution is -1.84. The van der Waals surface area contributed by atoms with Crippen molar-refractivity contribution in [1.82, 2.24) is 0 Å². The molecule has 0 aliphatic heterocycles. The molecule has 1 radical (unpaired) electrons. The lowest BCUT2D eigenvalue weighted by atomic mass is 10.3. The molecule has 0 unspecified atom stereocenters. The Bertz CT molecular complexity index is 237. The summed E-state index contributed by atoms with van der Waals surface area (Å²) in [6.07, 6.45) is 0. The van der Waals surface area contributed by atoms with Gasteiger partial charge >= 0.3 is 0 Å². The van der Waals surface area contributed by atoms with Crippen LogP contribution in [0.1, 0.15) is 0 Å². The zero-order chi connectivity index (χ0) is 6.85. The maximum atomic E-state index is 5.46. The van der Waals surface area contributed by atoms with E-state index in [1.807, 2.05) is 12.1 Å². The molecule has 0 aromatic heterocycles. The van der Waals surface area contributed by atoms with E-state index in [0.29, 0.717) is 10.6 Å². The molecular formula is C6H10BrF5NS. The molecule has 0 saturated carbocycles. The standard InChI is InChI=1S/C6H5BrNS.5FH/c7-4-1-2-5(8)6(9)3-4;;;;;/h1-3H,8H2;5*1H. The molecule has 2 N–H and O–H groups in total. The number of hydrogen-bond donors (Lipinski definition) is 1. The molecule has 0 aliphatic carbocycles. The first-order valence-electron chi connectivity index (χ1n) is 2.42. The molecule has 0 amide bonds. The summed E-state index contributed by atoms with van der Waals surface area (Å²) in [4.78, 5) is 0.698. The third-order valence-corrected chi connectivity index (χ3v) is 1.82. The first-order valence-corrected chi connectivity index (χ1v) is 3.62. The van der Waals surface area contributed by atoms with Crippen LogP contribution >= 0.6 is 28.6 Å². The number of hydrogen-bond acceptors (Lipinski definition) is 1. The van der Waals surface area contributed by atoms with E-state index in [4.69, 9.17) is 18.4 Å². The lowest BCUT2D eigenvalue weighted by Gasteiger charge is -1.95. The van der Waals surface area contributed by atoms with Crippen LogP contribution in [0.15, 0.2) is 27.6 Å². The van der Waals surface area contributed by atoms with Crippen LogP contribution in [-0.4, -0.2) is 0 Å². The monoisotopic (exact) mass is 302 g/mol. The maximum absolute atomic E-state index is 5.46. The molecular weight excluding hydrogens is 293 g/mol. The van der Waals surface area contributed by atoms with Crippen LogP contribution < -0.4 is 5.73 Å². The molecule has 1 aromatic rings. The minimum absolute atomic E-state index is 0. The summed E-state index contributed by atoms with van der Waals surface area (Å²) in [5.41, 5.74) is 6.12. The minimum Gasteiger partial charge on any atom is -0.398 e. The Morgan fingerprint density at radius 3 is 1.71 bits per heavy atom. The summed E-state index contributed by atoms with van der Waals surface area (Å²) in [7, 11) is 0. The van der Waals surface area contributed by atoms with Crippen molar-refractivity contribution in [2.75, 3.05) is 5.73 Å². The largest absolute Gasteiger partial charge is 0.398 e. The van der Waals surface area contributed by atoms with Gasteiger partial charge < -0.3 is 5.73 Å². The van der Waals surface area contributed by atoms with Gasteiger partial charge in [-0.3, -0.25) is 23.5 Å². The summed E-state index contributed by atoms with van der Waals surface area (Å²) in [5, 5.41) is 0. The Morgan fingerprint density at radius 1 is 1.00 bits per heavy atom. The Morgan fingerprint density at radius 2 is 1.43 bits per heavy atom. The second-order valence-corrected chi connectivity index (χ2v) is 3.04. The highest BCUT2D eigenvalue weighted by Gasteiger charge is 1.93. The molecule has 1 nitrogen and oxygen atoms in total. The topological polar surface area (TPSA) is 26.0 Å². The van der Waals surface area contributed by atoms with Gasteiger partial charge in [-0.25, -0.2) is 0 Å². The molecule has 0 saturated heterocycles. The van der Waals surface area contributed by atoms with Crippen molar-refractivity contribution in [3.8, 4) is 0 Å². The van der Waals surface area contributed by atoms with Gasteiger partial charge in [-0.2, -0.15) is 0 Å². The number of nitrogen functional groups attached to an aromatic ring is 1. The van der Waals surface area contributed by atoms with Crippen LogP contribution in [0.5, 0.6) is 0 Å². The van der Waals surface area contributed by atoms with Gasteiger partial charge in [0.1, 0.15) is 0 Å². The SMILES string of the molecule is F.F.F.F.F.Nc1ccc(Br)cc1[S]. The van der Waals surface area contributed by atoms with Crippen LogP contribution in [0.2, 0.25) is 0 Å². The summed E-state index contributed by atoms with van der Waals surface area (Å²) in [6.45, 7) is 0. The van der Waals surface area contributed by atoms with Crippen LogP contribution in [0.25, 0.3) is 0 Å². The van der Waals surface area contributed by atoms with Gasteiger partial charge in [-0.15, -0.1) is 0 Å². The van der Waals surface area contributed by atoms with Gasteiger partial charge in [-0.05, 0) is 18.2 Å². The molecule has 0 atom stereocenters. The highest BCUT2D eigenvalue weighted by atomic mass is 79.9. The van der Waals surface area contributed by atoms with Crippen molar-refractivity contribution in [1.29, 1.82) is 0 Å². The number of anilines is 1. The average Bonchev–Trinajstić information content (AvgIpc) is 1.80. The number of halogens is 6. The second kappa shape index (κ2) is 12.4. The van der Waals surface area contributed by atoms with E-state index in [2.05, 4.69) is 15.9 Å².